The average molecular weight is 376 g/mol. The standard InChI is InChI=1S/C18H19Cl2N5/c1-12-21-16(14-6-5-13(19)9-15(14)20)10-18-22-17(23-25(12)18)11-24-7-3-2-4-8-24/h5-6,9-10H,2-4,7-8,11H2,1H3. The monoisotopic (exact) mass is 375 g/mol. The van der Waals surface area contributed by atoms with Crippen LogP contribution in [0.4, 0.5) is 0 Å². The van der Waals surface area contributed by atoms with Crippen LogP contribution in [0.15, 0.2) is 24.3 Å². The Morgan fingerprint density at radius 1 is 1.04 bits per heavy atom. The van der Waals surface area contributed by atoms with Crippen LogP contribution >= 0.6 is 23.2 Å². The van der Waals surface area contributed by atoms with Gasteiger partial charge in [-0.3, -0.25) is 4.90 Å². The summed E-state index contributed by atoms with van der Waals surface area (Å²) in [6, 6.07) is 7.35. The van der Waals surface area contributed by atoms with Crippen molar-refractivity contribution in [2.24, 2.45) is 0 Å². The first-order valence-corrected chi connectivity index (χ1v) is 9.27. The van der Waals surface area contributed by atoms with Gasteiger partial charge in [-0.05, 0) is 51.1 Å². The molecule has 25 heavy (non-hydrogen) atoms. The third-order valence-corrected chi connectivity index (χ3v) is 5.10. The van der Waals surface area contributed by atoms with Crippen LogP contribution in [-0.4, -0.2) is 37.6 Å². The van der Waals surface area contributed by atoms with Crippen LogP contribution in [0.25, 0.3) is 16.9 Å². The Labute approximate surface area is 156 Å². The summed E-state index contributed by atoms with van der Waals surface area (Å²) in [5, 5.41) is 5.81. The lowest BCUT2D eigenvalue weighted by atomic mass is 10.1. The Morgan fingerprint density at radius 3 is 2.60 bits per heavy atom. The molecule has 0 bridgehead atoms. The number of rotatable bonds is 3. The van der Waals surface area contributed by atoms with Gasteiger partial charge in [0.1, 0.15) is 5.82 Å². The summed E-state index contributed by atoms with van der Waals surface area (Å²) < 4.78 is 1.80. The molecule has 7 heteroatoms. The quantitative estimate of drug-likeness (QED) is 0.680. The van der Waals surface area contributed by atoms with Crippen molar-refractivity contribution in [2.45, 2.75) is 32.7 Å². The van der Waals surface area contributed by atoms with Crippen molar-refractivity contribution in [3.8, 4) is 11.3 Å². The number of aryl methyl sites for hydroxylation is 1. The molecule has 0 saturated carbocycles. The minimum absolute atomic E-state index is 0.580. The fraction of sp³-hybridized carbons (Fsp3) is 0.389. The summed E-state index contributed by atoms with van der Waals surface area (Å²) in [7, 11) is 0. The van der Waals surface area contributed by atoms with E-state index in [0.29, 0.717) is 10.0 Å². The second-order valence-corrected chi connectivity index (χ2v) is 7.29. The highest BCUT2D eigenvalue weighted by atomic mass is 35.5. The van der Waals surface area contributed by atoms with Gasteiger partial charge < -0.3 is 0 Å². The Morgan fingerprint density at radius 2 is 1.84 bits per heavy atom. The van der Waals surface area contributed by atoms with Crippen LogP contribution in [0.3, 0.4) is 0 Å². The molecule has 130 valence electrons. The predicted molar refractivity (Wildman–Crippen MR) is 100 cm³/mol. The van der Waals surface area contributed by atoms with E-state index in [9.17, 15) is 0 Å². The van der Waals surface area contributed by atoms with Crippen molar-refractivity contribution in [1.82, 2.24) is 24.5 Å². The van der Waals surface area contributed by atoms with E-state index in [2.05, 4.69) is 15.0 Å². The van der Waals surface area contributed by atoms with Gasteiger partial charge in [0.25, 0.3) is 0 Å². The molecular weight excluding hydrogens is 357 g/mol. The minimum Gasteiger partial charge on any atom is -0.296 e. The van der Waals surface area contributed by atoms with Gasteiger partial charge in [0.05, 0.1) is 17.3 Å². The highest BCUT2D eigenvalue weighted by Crippen LogP contribution is 2.29. The first-order chi connectivity index (χ1) is 12.1. The number of hydrogen-bond acceptors (Lipinski definition) is 4. The molecule has 0 spiro atoms. The summed E-state index contributed by atoms with van der Waals surface area (Å²) in [6.45, 7) is 4.97. The van der Waals surface area contributed by atoms with Crippen LogP contribution in [-0.2, 0) is 6.54 Å². The number of benzene rings is 1. The van der Waals surface area contributed by atoms with Crippen molar-refractivity contribution in [1.29, 1.82) is 0 Å². The third-order valence-electron chi connectivity index (χ3n) is 4.55. The van der Waals surface area contributed by atoms with E-state index >= 15 is 0 Å². The van der Waals surface area contributed by atoms with E-state index < -0.39 is 0 Å². The molecule has 1 aliphatic rings. The van der Waals surface area contributed by atoms with Crippen molar-refractivity contribution in [3.05, 3.63) is 46.0 Å². The van der Waals surface area contributed by atoms with E-state index in [1.54, 1.807) is 10.6 Å². The average Bonchev–Trinajstić information content (AvgIpc) is 2.99. The van der Waals surface area contributed by atoms with Gasteiger partial charge in [-0.2, -0.15) is 4.52 Å². The van der Waals surface area contributed by atoms with Crippen LogP contribution in [0.1, 0.15) is 30.9 Å². The SMILES string of the molecule is Cc1nc(-c2ccc(Cl)cc2Cl)cc2nc(CN3CCCCC3)nn12. The first-order valence-electron chi connectivity index (χ1n) is 8.51. The second kappa shape index (κ2) is 6.90. The number of hydrogen-bond donors (Lipinski definition) is 0. The summed E-state index contributed by atoms with van der Waals surface area (Å²) in [6.07, 6.45) is 3.84. The zero-order valence-electron chi connectivity index (χ0n) is 14.0. The number of fused-ring (bicyclic) bond motifs is 1. The molecule has 0 unspecified atom stereocenters. The topological polar surface area (TPSA) is 46.3 Å². The molecule has 1 aromatic carbocycles. The molecule has 0 radical (unpaired) electrons. The minimum atomic E-state index is 0.580. The summed E-state index contributed by atoms with van der Waals surface area (Å²) in [5.74, 6) is 1.63. The molecule has 1 aliphatic heterocycles. The van der Waals surface area contributed by atoms with Gasteiger partial charge in [0, 0.05) is 16.7 Å². The Bertz CT molecular complexity index is 915. The second-order valence-electron chi connectivity index (χ2n) is 6.45. The lowest BCUT2D eigenvalue weighted by Crippen LogP contribution is -2.29. The smallest absolute Gasteiger partial charge is 0.165 e. The van der Waals surface area contributed by atoms with Crippen LogP contribution < -0.4 is 0 Å². The van der Waals surface area contributed by atoms with Crippen molar-refractivity contribution in [2.75, 3.05) is 13.1 Å². The maximum atomic E-state index is 6.33. The lowest BCUT2D eigenvalue weighted by Gasteiger charge is -2.24. The van der Waals surface area contributed by atoms with Gasteiger partial charge in [-0.15, -0.1) is 5.10 Å². The van der Waals surface area contributed by atoms with Crippen molar-refractivity contribution >= 4 is 28.8 Å². The molecular formula is C18H19Cl2N5. The van der Waals surface area contributed by atoms with E-state index in [-0.39, 0.29) is 0 Å². The van der Waals surface area contributed by atoms with Crippen molar-refractivity contribution in [3.63, 3.8) is 0 Å². The molecule has 0 aliphatic carbocycles. The fourth-order valence-electron chi connectivity index (χ4n) is 3.30. The van der Waals surface area contributed by atoms with Gasteiger partial charge >= 0.3 is 0 Å². The molecule has 1 saturated heterocycles. The number of halogens is 2. The van der Waals surface area contributed by atoms with Gasteiger partial charge in [-0.25, -0.2) is 9.97 Å². The lowest BCUT2D eigenvalue weighted by molar-refractivity contribution is 0.216. The summed E-state index contributed by atoms with van der Waals surface area (Å²) in [5.41, 5.74) is 2.42. The van der Waals surface area contributed by atoms with E-state index in [4.69, 9.17) is 28.2 Å². The summed E-state index contributed by atoms with van der Waals surface area (Å²) in [4.78, 5) is 11.8. The molecule has 5 nitrogen and oxygen atoms in total. The number of nitrogens with zero attached hydrogens (tertiary/aromatic N) is 5. The van der Waals surface area contributed by atoms with Crippen LogP contribution in [0.5, 0.6) is 0 Å². The molecule has 0 amide bonds. The zero-order chi connectivity index (χ0) is 17.4. The fourth-order valence-corrected chi connectivity index (χ4v) is 3.80. The highest BCUT2D eigenvalue weighted by molar-refractivity contribution is 6.36. The Kier molecular flexibility index (Phi) is 4.63. The van der Waals surface area contributed by atoms with Gasteiger partial charge in [0.2, 0.25) is 0 Å². The number of likely N-dealkylation sites (tertiary alicyclic amines) is 1. The molecule has 1 fully saturated rings. The van der Waals surface area contributed by atoms with Gasteiger partial charge in [-0.1, -0.05) is 29.6 Å². The van der Waals surface area contributed by atoms with E-state index in [1.165, 1.54) is 19.3 Å². The van der Waals surface area contributed by atoms with Gasteiger partial charge in [0.15, 0.2) is 11.5 Å². The molecule has 3 heterocycles. The van der Waals surface area contributed by atoms with E-state index in [0.717, 1.165) is 48.2 Å². The molecule has 2 aromatic heterocycles. The third kappa shape index (κ3) is 3.50. The number of aromatic nitrogens is 4. The van der Waals surface area contributed by atoms with Crippen LogP contribution in [0, 0.1) is 6.92 Å². The summed E-state index contributed by atoms with van der Waals surface area (Å²) >= 11 is 12.3. The Balaban J connectivity index is 1.69. The molecule has 3 aromatic rings. The largest absolute Gasteiger partial charge is 0.296 e. The molecule has 0 N–H and O–H groups in total. The maximum Gasteiger partial charge on any atom is 0.165 e. The maximum absolute atomic E-state index is 6.33. The Hall–Kier alpha value is -1.69. The molecule has 0 atom stereocenters. The normalized spacial score (nSPS) is 15.8. The predicted octanol–water partition coefficient (Wildman–Crippen LogP) is 4.39. The first kappa shape index (κ1) is 16.8. The zero-order valence-corrected chi connectivity index (χ0v) is 15.6. The van der Waals surface area contributed by atoms with Crippen molar-refractivity contribution < 1.29 is 0 Å². The molecule has 4 rings (SSSR count). The van der Waals surface area contributed by atoms with Crippen LogP contribution in [0.2, 0.25) is 10.0 Å². The number of piperidine rings is 1. The highest BCUT2D eigenvalue weighted by Gasteiger charge is 2.16. The van der Waals surface area contributed by atoms with E-state index in [1.807, 2.05) is 25.1 Å².